The Bertz CT molecular complexity index is 817. The van der Waals surface area contributed by atoms with Crippen molar-refractivity contribution in [2.45, 2.75) is 19.8 Å². The van der Waals surface area contributed by atoms with Gasteiger partial charge in [0.15, 0.2) is 5.69 Å². The number of nitrogen functional groups attached to an aromatic ring is 1. The maximum atomic E-state index is 12.4. The molecule has 116 valence electrons. The highest BCUT2D eigenvalue weighted by atomic mass is 16.1. The largest absolute Gasteiger partial charge is 0.399 e. The Kier molecular flexibility index (Phi) is 3.93. The number of hydrogen-bond donors (Lipinski definition) is 1. The molecule has 23 heavy (non-hydrogen) atoms. The molecule has 2 N–H and O–H groups in total. The van der Waals surface area contributed by atoms with Gasteiger partial charge in [-0.3, -0.25) is 4.79 Å². The Labute approximate surface area is 134 Å². The molecule has 1 aromatic heterocycles. The molecule has 0 aliphatic heterocycles. The standard InChI is InChI=1S/C18H18N4O/c1-12(2)13-5-9-16(10-6-13)22-11-17(20-21-22)18(23)14-3-7-15(19)8-4-14/h3-12H,19H2,1-2H3. The topological polar surface area (TPSA) is 73.8 Å². The van der Waals surface area contributed by atoms with Crippen molar-refractivity contribution in [3.05, 3.63) is 71.5 Å². The van der Waals surface area contributed by atoms with E-state index in [0.29, 0.717) is 22.9 Å². The van der Waals surface area contributed by atoms with E-state index in [0.717, 1.165) is 5.69 Å². The first kappa shape index (κ1) is 15.0. The van der Waals surface area contributed by atoms with E-state index in [1.54, 1.807) is 35.1 Å². The Balaban J connectivity index is 1.85. The SMILES string of the molecule is CC(C)c1ccc(-n2cc(C(=O)c3ccc(N)cc3)nn2)cc1. The molecule has 0 aliphatic carbocycles. The number of ketones is 1. The van der Waals surface area contributed by atoms with Crippen molar-refractivity contribution in [1.29, 1.82) is 0 Å². The number of carbonyl (C=O) groups is 1. The predicted molar refractivity (Wildman–Crippen MR) is 89.7 cm³/mol. The number of hydrogen-bond acceptors (Lipinski definition) is 4. The van der Waals surface area contributed by atoms with Gasteiger partial charge in [-0.15, -0.1) is 5.10 Å². The van der Waals surface area contributed by atoms with E-state index in [9.17, 15) is 4.79 Å². The van der Waals surface area contributed by atoms with E-state index >= 15 is 0 Å². The van der Waals surface area contributed by atoms with Crippen molar-refractivity contribution in [2.24, 2.45) is 0 Å². The monoisotopic (exact) mass is 306 g/mol. The average Bonchev–Trinajstić information content (AvgIpc) is 3.05. The van der Waals surface area contributed by atoms with Crippen LogP contribution in [0, 0.1) is 0 Å². The third-order valence-corrected chi connectivity index (χ3v) is 3.72. The van der Waals surface area contributed by atoms with E-state index in [1.807, 2.05) is 12.1 Å². The molecule has 0 aliphatic rings. The smallest absolute Gasteiger partial charge is 0.214 e. The fraction of sp³-hybridized carbons (Fsp3) is 0.167. The van der Waals surface area contributed by atoms with Crippen molar-refractivity contribution in [3.8, 4) is 5.69 Å². The van der Waals surface area contributed by atoms with Crippen LogP contribution in [0.2, 0.25) is 0 Å². The van der Waals surface area contributed by atoms with Crippen LogP contribution >= 0.6 is 0 Å². The zero-order chi connectivity index (χ0) is 16.4. The normalized spacial score (nSPS) is 10.9. The van der Waals surface area contributed by atoms with Crippen LogP contribution < -0.4 is 5.73 Å². The van der Waals surface area contributed by atoms with Gasteiger partial charge in [-0.05, 0) is 47.9 Å². The molecule has 3 aromatic rings. The molecular weight excluding hydrogens is 288 g/mol. The second kappa shape index (κ2) is 6.04. The molecule has 3 rings (SSSR count). The molecule has 2 aromatic carbocycles. The van der Waals surface area contributed by atoms with Gasteiger partial charge in [0.2, 0.25) is 5.78 Å². The van der Waals surface area contributed by atoms with Crippen LogP contribution in [-0.4, -0.2) is 20.8 Å². The number of benzene rings is 2. The van der Waals surface area contributed by atoms with Crippen LogP contribution in [0.4, 0.5) is 5.69 Å². The lowest BCUT2D eigenvalue weighted by atomic mass is 10.0. The summed E-state index contributed by atoms with van der Waals surface area (Å²) in [7, 11) is 0. The zero-order valence-corrected chi connectivity index (χ0v) is 13.1. The van der Waals surface area contributed by atoms with Gasteiger partial charge >= 0.3 is 0 Å². The Morgan fingerprint density at radius 3 is 2.30 bits per heavy atom. The number of nitrogens with zero attached hydrogens (tertiary/aromatic N) is 3. The van der Waals surface area contributed by atoms with Crippen molar-refractivity contribution < 1.29 is 4.79 Å². The average molecular weight is 306 g/mol. The van der Waals surface area contributed by atoms with Crippen LogP contribution in [0.15, 0.2) is 54.7 Å². The number of anilines is 1. The molecule has 0 amide bonds. The first-order valence-corrected chi connectivity index (χ1v) is 7.47. The summed E-state index contributed by atoms with van der Waals surface area (Å²) in [6.45, 7) is 4.29. The Morgan fingerprint density at radius 2 is 1.70 bits per heavy atom. The highest BCUT2D eigenvalue weighted by Crippen LogP contribution is 2.17. The van der Waals surface area contributed by atoms with Crippen molar-refractivity contribution in [2.75, 3.05) is 5.73 Å². The van der Waals surface area contributed by atoms with E-state index in [1.165, 1.54) is 5.56 Å². The molecule has 0 bridgehead atoms. The summed E-state index contributed by atoms with van der Waals surface area (Å²) in [6.07, 6.45) is 1.64. The highest BCUT2D eigenvalue weighted by Gasteiger charge is 2.14. The minimum Gasteiger partial charge on any atom is -0.399 e. The lowest BCUT2D eigenvalue weighted by molar-refractivity contribution is 0.103. The van der Waals surface area contributed by atoms with Crippen molar-refractivity contribution in [1.82, 2.24) is 15.0 Å². The third kappa shape index (κ3) is 3.13. The van der Waals surface area contributed by atoms with Gasteiger partial charge < -0.3 is 5.73 Å². The molecule has 0 radical (unpaired) electrons. The second-order valence-electron chi connectivity index (χ2n) is 5.75. The maximum Gasteiger partial charge on any atom is 0.214 e. The van der Waals surface area contributed by atoms with Crippen LogP contribution in [0.25, 0.3) is 5.69 Å². The summed E-state index contributed by atoms with van der Waals surface area (Å²) in [6, 6.07) is 14.8. The molecule has 5 nitrogen and oxygen atoms in total. The van der Waals surface area contributed by atoms with Gasteiger partial charge in [-0.2, -0.15) is 0 Å². The van der Waals surface area contributed by atoms with Crippen molar-refractivity contribution in [3.63, 3.8) is 0 Å². The van der Waals surface area contributed by atoms with Gasteiger partial charge in [-0.25, -0.2) is 4.68 Å². The van der Waals surface area contributed by atoms with Crippen LogP contribution in [0.3, 0.4) is 0 Å². The number of aromatic nitrogens is 3. The molecule has 0 atom stereocenters. The zero-order valence-electron chi connectivity index (χ0n) is 13.1. The molecule has 1 heterocycles. The van der Waals surface area contributed by atoms with E-state index in [4.69, 9.17) is 5.73 Å². The summed E-state index contributed by atoms with van der Waals surface area (Å²) < 4.78 is 1.61. The lowest BCUT2D eigenvalue weighted by Crippen LogP contribution is -2.02. The van der Waals surface area contributed by atoms with Crippen LogP contribution in [0.1, 0.15) is 41.4 Å². The first-order chi connectivity index (χ1) is 11.0. The number of carbonyl (C=O) groups excluding carboxylic acids is 1. The Hall–Kier alpha value is -2.95. The first-order valence-electron chi connectivity index (χ1n) is 7.47. The molecule has 5 heteroatoms. The summed E-state index contributed by atoms with van der Waals surface area (Å²) in [5.41, 5.74) is 9.24. The lowest BCUT2D eigenvalue weighted by Gasteiger charge is -2.06. The summed E-state index contributed by atoms with van der Waals surface area (Å²) in [4.78, 5) is 12.4. The van der Waals surface area contributed by atoms with Crippen LogP contribution in [-0.2, 0) is 0 Å². The number of nitrogens with two attached hydrogens (primary N) is 1. The van der Waals surface area contributed by atoms with Gasteiger partial charge in [0, 0.05) is 11.3 Å². The summed E-state index contributed by atoms with van der Waals surface area (Å²) in [5.74, 6) is 0.303. The number of rotatable bonds is 4. The van der Waals surface area contributed by atoms with Crippen molar-refractivity contribution >= 4 is 11.5 Å². The minimum atomic E-state index is -0.171. The predicted octanol–water partition coefficient (Wildman–Crippen LogP) is 3.20. The molecular formula is C18H18N4O. The highest BCUT2D eigenvalue weighted by molar-refractivity contribution is 6.07. The minimum absolute atomic E-state index is 0.171. The van der Waals surface area contributed by atoms with Gasteiger partial charge in [0.25, 0.3) is 0 Å². The summed E-state index contributed by atoms with van der Waals surface area (Å²) >= 11 is 0. The Morgan fingerprint density at radius 1 is 1.04 bits per heavy atom. The van der Waals surface area contributed by atoms with E-state index < -0.39 is 0 Å². The molecule has 0 fully saturated rings. The molecule has 0 spiro atoms. The molecule has 0 unspecified atom stereocenters. The quantitative estimate of drug-likeness (QED) is 0.593. The van der Waals surface area contributed by atoms with Gasteiger partial charge in [-0.1, -0.05) is 31.2 Å². The molecule has 0 saturated carbocycles. The van der Waals surface area contributed by atoms with E-state index in [2.05, 4.69) is 36.3 Å². The van der Waals surface area contributed by atoms with Crippen LogP contribution in [0.5, 0.6) is 0 Å². The summed E-state index contributed by atoms with van der Waals surface area (Å²) in [5, 5.41) is 8.03. The molecule has 0 saturated heterocycles. The fourth-order valence-electron chi connectivity index (χ4n) is 2.29. The van der Waals surface area contributed by atoms with Gasteiger partial charge in [0.05, 0.1) is 11.9 Å². The third-order valence-electron chi connectivity index (χ3n) is 3.72. The van der Waals surface area contributed by atoms with Gasteiger partial charge in [0.1, 0.15) is 0 Å². The fourth-order valence-corrected chi connectivity index (χ4v) is 2.29. The van der Waals surface area contributed by atoms with E-state index in [-0.39, 0.29) is 5.78 Å². The second-order valence-corrected chi connectivity index (χ2v) is 5.75. The maximum absolute atomic E-state index is 12.4.